The zero-order valence-corrected chi connectivity index (χ0v) is 7.79. The summed E-state index contributed by atoms with van der Waals surface area (Å²) < 4.78 is 11.3. The fourth-order valence-corrected chi connectivity index (χ4v) is 2.27. The van der Waals surface area contributed by atoms with Crippen LogP contribution < -0.4 is 0 Å². The molecular formula is C10H18O2. The van der Waals surface area contributed by atoms with E-state index in [1.54, 1.807) is 0 Å². The lowest BCUT2D eigenvalue weighted by Crippen LogP contribution is -2.28. The minimum atomic E-state index is 0.480. The molecule has 70 valence electrons. The van der Waals surface area contributed by atoms with Gasteiger partial charge in [0.2, 0.25) is 0 Å². The van der Waals surface area contributed by atoms with Crippen molar-refractivity contribution in [2.45, 2.75) is 44.8 Å². The van der Waals surface area contributed by atoms with Gasteiger partial charge in [0.15, 0.2) is 0 Å². The van der Waals surface area contributed by atoms with Crippen molar-refractivity contribution in [3.05, 3.63) is 0 Å². The topological polar surface area (TPSA) is 18.5 Å². The molecule has 1 unspecified atom stereocenters. The molecule has 0 bridgehead atoms. The van der Waals surface area contributed by atoms with E-state index >= 15 is 0 Å². The third kappa shape index (κ3) is 1.64. The Bertz CT molecular complexity index is 119. The molecule has 2 aliphatic heterocycles. The van der Waals surface area contributed by atoms with Gasteiger partial charge in [-0.25, -0.2) is 0 Å². The van der Waals surface area contributed by atoms with Crippen LogP contribution in [-0.4, -0.2) is 25.4 Å². The molecule has 2 rings (SSSR count). The van der Waals surface area contributed by atoms with E-state index in [0.717, 1.165) is 13.2 Å². The molecule has 2 nitrogen and oxygen atoms in total. The van der Waals surface area contributed by atoms with Crippen LogP contribution in [0.15, 0.2) is 0 Å². The minimum Gasteiger partial charge on any atom is -0.378 e. The molecule has 12 heavy (non-hydrogen) atoms. The first-order valence-corrected chi connectivity index (χ1v) is 5.11. The number of hydrogen-bond donors (Lipinski definition) is 0. The van der Waals surface area contributed by atoms with Gasteiger partial charge < -0.3 is 9.47 Å². The second kappa shape index (κ2) is 3.75. The Hall–Kier alpha value is -0.0800. The van der Waals surface area contributed by atoms with Gasteiger partial charge in [0.1, 0.15) is 0 Å². The molecule has 0 aliphatic carbocycles. The van der Waals surface area contributed by atoms with Crippen LogP contribution in [0.25, 0.3) is 0 Å². The molecule has 2 saturated heterocycles. The number of ether oxygens (including phenoxy) is 2. The van der Waals surface area contributed by atoms with Crippen LogP contribution in [-0.2, 0) is 9.47 Å². The van der Waals surface area contributed by atoms with Crippen LogP contribution in [0.2, 0.25) is 0 Å². The van der Waals surface area contributed by atoms with Gasteiger partial charge in [-0.3, -0.25) is 0 Å². The Balaban J connectivity index is 1.84. The average Bonchev–Trinajstić information content (AvgIpc) is 2.77. The predicted molar refractivity (Wildman–Crippen MR) is 47.1 cm³/mol. The summed E-state index contributed by atoms with van der Waals surface area (Å²) in [6.07, 6.45) is 5.91. The normalized spacial score (nSPS) is 38.8. The van der Waals surface area contributed by atoms with Crippen molar-refractivity contribution in [1.82, 2.24) is 0 Å². The summed E-state index contributed by atoms with van der Waals surface area (Å²) in [5, 5.41) is 0. The van der Waals surface area contributed by atoms with Crippen LogP contribution in [0.5, 0.6) is 0 Å². The van der Waals surface area contributed by atoms with Gasteiger partial charge in [0.05, 0.1) is 12.2 Å². The highest BCUT2D eigenvalue weighted by atomic mass is 16.5. The van der Waals surface area contributed by atoms with Crippen LogP contribution in [0.3, 0.4) is 0 Å². The van der Waals surface area contributed by atoms with Gasteiger partial charge >= 0.3 is 0 Å². The average molecular weight is 170 g/mol. The molecule has 2 aliphatic rings. The number of hydrogen-bond acceptors (Lipinski definition) is 2. The van der Waals surface area contributed by atoms with Crippen LogP contribution in [0.1, 0.15) is 32.6 Å². The third-order valence-corrected chi connectivity index (χ3v) is 3.10. The highest BCUT2D eigenvalue weighted by Crippen LogP contribution is 2.28. The summed E-state index contributed by atoms with van der Waals surface area (Å²) in [7, 11) is 0. The van der Waals surface area contributed by atoms with Gasteiger partial charge in [-0.15, -0.1) is 0 Å². The summed E-state index contributed by atoms with van der Waals surface area (Å²) in [6, 6.07) is 0. The van der Waals surface area contributed by atoms with E-state index in [-0.39, 0.29) is 0 Å². The van der Waals surface area contributed by atoms with Crippen molar-refractivity contribution in [1.29, 1.82) is 0 Å². The molecule has 3 atom stereocenters. The standard InChI is InChI=1S/C10H18O2/c1-8(9-4-2-6-11-9)10-5-3-7-12-10/h8-10H,2-7H2,1H3/t8?,9-,10+. The van der Waals surface area contributed by atoms with Gasteiger partial charge in [-0.05, 0) is 25.7 Å². The molecule has 2 heteroatoms. The first kappa shape index (κ1) is 8.52. The molecule has 0 aromatic carbocycles. The predicted octanol–water partition coefficient (Wildman–Crippen LogP) is 1.98. The van der Waals surface area contributed by atoms with E-state index in [1.807, 2.05) is 0 Å². The van der Waals surface area contributed by atoms with E-state index in [2.05, 4.69) is 6.92 Å². The SMILES string of the molecule is CC([C@@H]1CCCO1)[C@H]1CCCO1. The molecule has 0 N–H and O–H groups in total. The van der Waals surface area contributed by atoms with Crippen molar-refractivity contribution >= 4 is 0 Å². The lowest BCUT2D eigenvalue weighted by Gasteiger charge is -2.23. The summed E-state index contributed by atoms with van der Waals surface area (Å²) in [5.41, 5.74) is 0. The molecular weight excluding hydrogens is 152 g/mol. The lowest BCUT2D eigenvalue weighted by molar-refractivity contribution is -0.0102. The Morgan fingerprint density at radius 1 is 1.00 bits per heavy atom. The van der Waals surface area contributed by atoms with E-state index in [0.29, 0.717) is 18.1 Å². The summed E-state index contributed by atoms with van der Waals surface area (Å²) in [5.74, 6) is 0.606. The summed E-state index contributed by atoms with van der Waals surface area (Å²) in [4.78, 5) is 0. The molecule has 0 aromatic heterocycles. The van der Waals surface area contributed by atoms with Gasteiger partial charge in [0, 0.05) is 19.1 Å². The van der Waals surface area contributed by atoms with Gasteiger partial charge in [-0.2, -0.15) is 0 Å². The van der Waals surface area contributed by atoms with Crippen LogP contribution in [0, 0.1) is 5.92 Å². The van der Waals surface area contributed by atoms with Crippen molar-refractivity contribution in [2.75, 3.05) is 13.2 Å². The largest absolute Gasteiger partial charge is 0.378 e. The van der Waals surface area contributed by atoms with Gasteiger partial charge in [-0.1, -0.05) is 6.92 Å². The van der Waals surface area contributed by atoms with E-state index in [4.69, 9.17) is 9.47 Å². The van der Waals surface area contributed by atoms with Crippen LogP contribution in [0.4, 0.5) is 0 Å². The Morgan fingerprint density at radius 3 is 1.83 bits per heavy atom. The maximum absolute atomic E-state index is 5.65. The summed E-state index contributed by atoms with van der Waals surface area (Å²) in [6.45, 7) is 4.19. The van der Waals surface area contributed by atoms with Crippen molar-refractivity contribution in [3.8, 4) is 0 Å². The minimum absolute atomic E-state index is 0.480. The lowest BCUT2D eigenvalue weighted by atomic mass is 9.94. The van der Waals surface area contributed by atoms with Gasteiger partial charge in [0.25, 0.3) is 0 Å². The molecule has 0 spiro atoms. The van der Waals surface area contributed by atoms with Crippen LogP contribution >= 0.6 is 0 Å². The molecule has 2 fully saturated rings. The molecule has 0 saturated carbocycles. The van der Waals surface area contributed by atoms with Crippen molar-refractivity contribution in [3.63, 3.8) is 0 Å². The fraction of sp³-hybridized carbons (Fsp3) is 1.00. The maximum atomic E-state index is 5.65. The third-order valence-electron chi connectivity index (χ3n) is 3.10. The maximum Gasteiger partial charge on any atom is 0.0626 e. The Kier molecular flexibility index (Phi) is 2.66. The van der Waals surface area contributed by atoms with Crippen molar-refractivity contribution in [2.24, 2.45) is 5.92 Å². The highest BCUT2D eigenvalue weighted by Gasteiger charge is 2.31. The molecule has 0 radical (unpaired) electrons. The van der Waals surface area contributed by atoms with E-state index in [9.17, 15) is 0 Å². The monoisotopic (exact) mass is 170 g/mol. The second-order valence-electron chi connectivity index (χ2n) is 3.96. The molecule has 0 aromatic rings. The first-order valence-electron chi connectivity index (χ1n) is 5.11. The van der Waals surface area contributed by atoms with E-state index in [1.165, 1.54) is 25.7 Å². The second-order valence-corrected chi connectivity index (χ2v) is 3.96. The zero-order chi connectivity index (χ0) is 8.39. The zero-order valence-electron chi connectivity index (χ0n) is 7.79. The smallest absolute Gasteiger partial charge is 0.0626 e. The molecule has 2 heterocycles. The Morgan fingerprint density at radius 2 is 1.50 bits per heavy atom. The highest BCUT2D eigenvalue weighted by molar-refractivity contribution is 4.80. The summed E-state index contributed by atoms with van der Waals surface area (Å²) >= 11 is 0. The number of rotatable bonds is 2. The fourth-order valence-electron chi connectivity index (χ4n) is 2.27. The quantitative estimate of drug-likeness (QED) is 0.631. The first-order chi connectivity index (χ1) is 5.88. The van der Waals surface area contributed by atoms with Crippen molar-refractivity contribution < 1.29 is 9.47 Å². The molecule has 0 amide bonds. The Labute approximate surface area is 74.2 Å². The van der Waals surface area contributed by atoms with E-state index < -0.39 is 0 Å².